The van der Waals surface area contributed by atoms with Crippen molar-refractivity contribution in [1.29, 1.82) is 0 Å². The van der Waals surface area contributed by atoms with Crippen molar-refractivity contribution >= 4 is 5.97 Å². The van der Waals surface area contributed by atoms with Gasteiger partial charge in [-0.05, 0) is 19.3 Å². The fourth-order valence-corrected chi connectivity index (χ4v) is 1.54. The maximum absolute atomic E-state index is 11.0. The molecule has 1 fully saturated rings. The zero-order chi connectivity index (χ0) is 8.27. The Morgan fingerprint density at radius 1 is 1.55 bits per heavy atom. The molecule has 0 aliphatic heterocycles. The van der Waals surface area contributed by atoms with E-state index in [1.807, 2.05) is 0 Å². The first-order chi connectivity index (χ1) is 5.24. The minimum atomic E-state index is -0.298. The minimum Gasteiger partial charge on any atom is -0.469 e. The van der Waals surface area contributed by atoms with Gasteiger partial charge < -0.3 is 9.84 Å². The van der Waals surface area contributed by atoms with Crippen LogP contribution in [-0.4, -0.2) is 24.3 Å². The molecule has 64 valence electrons. The average molecular weight is 158 g/mol. The summed E-state index contributed by atoms with van der Waals surface area (Å²) in [4.78, 5) is 11.0. The third-order valence-electron chi connectivity index (χ3n) is 2.18. The molecule has 1 aliphatic rings. The molecule has 0 aromatic rings. The molecule has 2 atom stereocenters. The molecule has 0 unspecified atom stereocenters. The van der Waals surface area contributed by atoms with Crippen LogP contribution in [0.4, 0.5) is 0 Å². The van der Waals surface area contributed by atoms with Crippen molar-refractivity contribution < 1.29 is 14.6 Å². The van der Waals surface area contributed by atoms with Crippen LogP contribution in [0.25, 0.3) is 0 Å². The van der Waals surface area contributed by atoms with Crippen molar-refractivity contribution in [3.63, 3.8) is 0 Å². The second kappa shape index (κ2) is 3.72. The van der Waals surface area contributed by atoms with Gasteiger partial charge in [0, 0.05) is 0 Å². The number of hydrogen-bond acceptors (Lipinski definition) is 3. The highest BCUT2D eigenvalue weighted by Gasteiger charge is 2.26. The highest BCUT2D eigenvalue weighted by molar-refractivity contribution is 5.72. The summed E-state index contributed by atoms with van der Waals surface area (Å²) in [5.74, 6) is -0.243. The van der Waals surface area contributed by atoms with Crippen LogP contribution in [0.15, 0.2) is 0 Å². The zero-order valence-electron chi connectivity index (χ0n) is 6.75. The summed E-state index contributed by atoms with van der Waals surface area (Å²) in [5, 5.41) is 9.22. The molecule has 11 heavy (non-hydrogen) atoms. The van der Waals surface area contributed by atoms with E-state index in [1.54, 1.807) is 0 Å². The van der Waals surface area contributed by atoms with Gasteiger partial charge in [-0.3, -0.25) is 4.79 Å². The second-order valence-corrected chi connectivity index (χ2v) is 3.04. The predicted molar refractivity (Wildman–Crippen MR) is 40.0 cm³/mol. The van der Waals surface area contributed by atoms with E-state index in [2.05, 4.69) is 4.74 Å². The summed E-state index contributed by atoms with van der Waals surface area (Å²) in [6.07, 6.45) is 2.90. The Hall–Kier alpha value is -0.570. The smallest absolute Gasteiger partial charge is 0.308 e. The van der Waals surface area contributed by atoms with Crippen molar-refractivity contribution in [2.45, 2.75) is 31.8 Å². The van der Waals surface area contributed by atoms with Crippen molar-refractivity contribution in [3.05, 3.63) is 0 Å². The molecule has 0 spiro atoms. The van der Waals surface area contributed by atoms with Crippen molar-refractivity contribution in [2.24, 2.45) is 5.92 Å². The first-order valence-corrected chi connectivity index (χ1v) is 4.00. The van der Waals surface area contributed by atoms with Crippen LogP contribution < -0.4 is 0 Å². The monoisotopic (exact) mass is 158 g/mol. The van der Waals surface area contributed by atoms with Gasteiger partial charge in [-0.2, -0.15) is 0 Å². The summed E-state index contributed by atoms with van der Waals surface area (Å²) in [6, 6.07) is 0. The molecule has 3 heteroatoms. The molecule has 0 saturated heterocycles. The topological polar surface area (TPSA) is 46.5 Å². The lowest BCUT2D eigenvalue weighted by Crippen LogP contribution is -2.26. The lowest BCUT2D eigenvalue weighted by molar-refractivity contribution is -0.147. The Labute approximate surface area is 66.4 Å². The van der Waals surface area contributed by atoms with Crippen LogP contribution in [0, 0.1) is 5.92 Å². The molecule has 0 bridgehead atoms. The Morgan fingerprint density at radius 2 is 2.27 bits per heavy atom. The maximum atomic E-state index is 11.0. The first-order valence-electron chi connectivity index (χ1n) is 4.00. The molecule has 0 radical (unpaired) electrons. The third kappa shape index (κ3) is 2.19. The number of aliphatic hydroxyl groups is 1. The van der Waals surface area contributed by atoms with E-state index in [0.29, 0.717) is 6.42 Å². The molecule has 0 amide bonds. The van der Waals surface area contributed by atoms with Crippen LogP contribution >= 0.6 is 0 Å². The number of ether oxygens (including phenoxy) is 1. The Balaban J connectivity index is 2.39. The molecular formula is C8H14O3. The number of methoxy groups -OCH3 is 1. The van der Waals surface area contributed by atoms with E-state index in [1.165, 1.54) is 7.11 Å². The number of rotatable bonds is 1. The fourth-order valence-electron chi connectivity index (χ4n) is 1.54. The van der Waals surface area contributed by atoms with Gasteiger partial charge in [-0.15, -0.1) is 0 Å². The van der Waals surface area contributed by atoms with Gasteiger partial charge in [0.2, 0.25) is 0 Å². The van der Waals surface area contributed by atoms with Gasteiger partial charge in [-0.25, -0.2) is 0 Å². The third-order valence-corrected chi connectivity index (χ3v) is 2.18. The SMILES string of the molecule is COC(=O)[C@H]1CCC[C@H](O)C1. The molecule has 1 saturated carbocycles. The predicted octanol–water partition coefficient (Wildman–Crippen LogP) is 0.710. The average Bonchev–Trinajstić information content (AvgIpc) is 2.03. The van der Waals surface area contributed by atoms with Gasteiger partial charge >= 0.3 is 5.97 Å². The number of carbonyl (C=O) groups is 1. The highest BCUT2D eigenvalue weighted by atomic mass is 16.5. The number of carbonyl (C=O) groups excluding carboxylic acids is 1. The molecule has 0 aromatic carbocycles. The largest absolute Gasteiger partial charge is 0.469 e. The summed E-state index contributed by atoms with van der Waals surface area (Å²) in [6.45, 7) is 0. The van der Waals surface area contributed by atoms with Gasteiger partial charge in [0.1, 0.15) is 0 Å². The van der Waals surface area contributed by atoms with Crippen molar-refractivity contribution in [3.8, 4) is 0 Å². The molecule has 0 heterocycles. The van der Waals surface area contributed by atoms with E-state index in [9.17, 15) is 9.90 Å². The number of aliphatic hydroxyl groups excluding tert-OH is 1. The van der Waals surface area contributed by atoms with E-state index in [0.717, 1.165) is 19.3 Å². The molecule has 0 aromatic heterocycles. The summed E-state index contributed by atoms with van der Waals surface area (Å²) in [7, 11) is 1.39. The van der Waals surface area contributed by atoms with Gasteiger partial charge in [-0.1, -0.05) is 6.42 Å². The van der Waals surface area contributed by atoms with E-state index < -0.39 is 0 Å². The van der Waals surface area contributed by atoms with E-state index in [-0.39, 0.29) is 18.0 Å². The maximum Gasteiger partial charge on any atom is 0.308 e. The number of esters is 1. The minimum absolute atomic E-state index is 0.0660. The molecule has 1 N–H and O–H groups in total. The Bertz CT molecular complexity index is 144. The van der Waals surface area contributed by atoms with Crippen LogP contribution in [0.3, 0.4) is 0 Å². The molecule has 1 aliphatic carbocycles. The fraction of sp³-hybridized carbons (Fsp3) is 0.875. The molecule has 1 rings (SSSR count). The lowest BCUT2D eigenvalue weighted by atomic mass is 9.87. The Morgan fingerprint density at radius 3 is 2.82 bits per heavy atom. The van der Waals surface area contributed by atoms with Crippen LogP contribution in [-0.2, 0) is 9.53 Å². The zero-order valence-corrected chi connectivity index (χ0v) is 6.75. The quantitative estimate of drug-likeness (QED) is 0.572. The second-order valence-electron chi connectivity index (χ2n) is 3.04. The first kappa shape index (κ1) is 8.53. The summed E-state index contributed by atoms with van der Waals surface area (Å²) in [5.41, 5.74) is 0. The van der Waals surface area contributed by atoms with Gasteiger partial charge in [0.15, 0.2) is 0 Å². The van der Waals surface area contributed by atoms with Crippen LogP contribution in [0.1, 0.15) is 25.7 Å². The normalized spacial score (nSPS) is 31.5. The molecule has 3 nitrogen and oxygen atoms in total. The lowest BCUT2D eigenvalue weighted by Gasteiger charge is -2.23. The highest BCUT2D eigenvalue weighted by Crippen LogP contribution is 2.24. The van der Waals surface area contributed by atoms with Crippen molar-refractivity contribution in [1.82, 2.24) is 0 Å². The van der Waals surface area contributed by atoms with E-state index >= 15 is 0 Å². The Kier molecular flexibility index (Phi) is 2.88. The standard InChI is InChI=1S/C8H14O3/c1-11-8(10)6-3-2-4-7(9)5-6/h6-7,9H,2-5H2,1H3/t6-,7-/m0/s1. The van der Waals surface area contributed by atoms with Gasteiger partial charge in [0.05, 0.1) is 19.1 Å². The summed E-state index contributed by atoms with van der Waals surface area (Å²) >= 11 is 0. The van der Waals surface area contributed by atoms with Crippen molar-refractivity contribution in [2.75, 3.05) is 7.11 Å². The molecular weight excluding hydrogens is 144 g/mol. The van der Waals surface area contributed by atoms with E-state index in [4.69, 9.17) is 0 Å². The van der Waals surface area contributed by atoms with Crippen LogP contribution in [0.2, 0.25) is 0 Å². The van der Waals surface area contributed by atoms with Gasteiger partial charge in [0.25, 0.3) is 0 Å². The number of hydrogen-bond donors (Lipinski definition) is 1. The van der Waals surface area contributed by atoms with Crippen LogP contribution in [0.5, 0.6) is 0 Å². The summed E-state index contributed by atoms with van der Waals surface area (Å²) < 4.78 is 4.59.